The van der Waals surface area contributed by atoms with Crippen molar-refractivity contribution in [1.82, 2.24) is 14.4 Å². The van der Waals surface area contributed by atoms with Crippen molar-refractivity contribution in [3.05, 3.63) is 48.9 Å². The minimum Gasteiger partial charge on any atom is -0.381 e. The number of carbonyl (C=O) groups excluding carboxylic acids is 1. The van der Waals surface area contributed by atoms with Crippen molar-refractivity contribution in [2.24, 2.45) is 11.7 Å². The molecule has 0 radical (unpaired) electrons. The lowest BCUT2D eigenvalue weighted by molar-refractivity contribution is -0.119. The van der Waals surface area contributed by atoms with Crippen molar-refractivity contribution in [1.29, 1.82) is 0 Å². The van der Waals surface area contributed by atoms with Crippen LogP contribution in [0.1, 0.15) is 12.8 Å². The molecule has 3 heterocycles. The molecular formula is C19H23Cl2N5O2. The molecule has 1 fully saturated rings. The second-order valence-corrected chi connectivity index (χ2v) is 6.50. The molecule has 1 atom stereocenters. The van der Waals surface area contributed by atoms with Crippen LogP contribution in [0.5, 0.6) is 0 Å². The first kappa shape index (κ1) is 22.1. The van der Waals surface area contributed by atoms with Gasteiger partial charge in [-0.15, -0.1) is 24.8 Å². The monoisotopic (exact) mass is 423 g/mol. The van der Waals surface area contributed by atoms with Gasteiger partial charge >= 0.3 is 0 Å². The molecule has 1 aliphatic rings. The zero-order chi connectivity index (χ0) is 17.9. The number of imidazole rings is 1. The van der Waals surface area contributed by atoms with Crippen LogP contribution in [0.3, 0.4) is 0 Å². The molecule has 150 valence electrons. The molecule has 0 bridgehead atoms. The summed E-state index contributed by atoms with van der Waals surface area (Å²) in [5.74, 6) is 0.678. The molecule has 3 N–H and O–H groups in total. The highest BCUT2D eigenvalue weighted by Crippen LogP contribution is 2.22. The summed E-state index contributed by atoms with van der Waals surface area (Å²) in [5, 5.41) is 2.90. The maximum atomic E-state index is 12.4. The third kappa shape index (κ3) is 4.80. The highest BCUT2D eigenvalue weighted by molar-refractivity contribution is 5.95. The molecule has 1 amide bonds. The minimum absolute atomic E-state index is 0. The zero-order valence-electron chi connectivity index (χ0n) is 15.2. The molecule has 1 unspecified atom stereocenters. The molecule has 1 aromatic carbocycles. The number of carbonyl (C=O) groups is 1. The molecule has 1 saturated heterocycles. The first-order valence-corrected chi connectivity index (χ1v) is 8.75. The quantitative estimate of drug-likeness (QED) is 0.672. The van der Waals surface area contributed by atoms with Gasteiger partial charge in [-0.2, -0.15) is 0 Å². The summed E-state index contributed by atoms with van der Waals surface area (Å²) >= 11 is 0. The second kappa shape index (κ2) is 9.84. The van der Waals surface area contributed by atoms with Crippen molar-refractivity contribution in [2.45, 2.75) is 18.9 Å². The van der Waals surface area contributed by atoms with Crippen LogP contribution in [0.25, 0.3) is 17.0 Å². The van der Waals surface area contributed by atoms with E-state index in [-0.39, 0.29) is 36.6 Å². The highest BCUT2D eigenvalue weighted by Gasteiger charge is 2.26. The Bertz CT molecular complexity index is 877. The average Bonchev–Trinajstić information content (AvgIpc) is 3.13. The van der Waals surface area contributed by atoms with E-state index in [1.54, 1.807) is 6.20 Å². The van der Waals surface area contributed by atoms with Crippen molar-refractivity contribution in [3.63, 3.8) is 0 Å². The van der Waals surface area contributed by atoms with Crippen LogP contribution in [0, 0.1) is 5.92 Å². The molecule has 0 saturated carbocycles. The first-order valence-electron chi connectivity index (χ1n) is 8.75. The van der Waals surface area contributed by atoms with Gasteiger partial charge in [-0.1, -0.05) is 12.1 Å². The van der Waals surface area contributed by atoms with Gasteiger partial charge in [0.15, 0.2) is 0 Å². The number of rotatable bonds is 4. The first-order chi connectivity index (χ1) is 12.7. The largest absolute Gasteiger partial charge is 0.381 e. The summed E-state index contributed by atoms with van der Waals surface area (Å²) < 4.78 is 7.20. The van der Waals surface area contributed by atoms with Gasteiger partial charge in [0.2, 0.25) is 11.7 Å². The fraction of sp³-hybridized carbons (Fsp3) is 0.316. The number of hydrogen-bond acceptors (Lipinski definition) is 5. The number of benzene rings is 1. The standard InChI is InChI=1S/C19H21N5O2.2ClH/c20-17(14-6-10-26-11-7-14)18(25)22-15-4-2-13(3-5-15)16-12-24-9-1-8-21-19(24)23-16;;/h1-5,8-9,12,14,17H,6-7,10-11,20H2,(H,22,25);2*1H. The van der Waals surface area contributed by atoms with E-state index in [1.165, 1.54) is 0 Å². The number of anilines is 1. The van der Waals surface area contributed by atoms with Crippen LogP contribution >= 0.6 is 24.8 Å². The maximum absolute atomic E-state index is 12.4. The van der Waals surface area contributed by atoms with Crippen LogP contribution in [-0.4, -0.2) is 39.5 Å². The Morgan fingerprint density at radius 3 is 2.61 bits per heavy atom. The molecule has 4 rings (SSSR count). The van der Waals surface area contributed by atoms with E-state index in [9.17, 15) is 4.79 Å². The van der Waals surface area contributed by atoms with Gasteiger partial charge < -0.3 is 15.8 Å². The number of aromatic nitrogens is 3. The van der Waals surface area contributed by atoms with Crippen LogP contribution in [0.15, 0.2) is 48.9 Å². The number of fused-ring (bicyclic) bond motifs is 1. The highest BCUT2D eigenvalue weighted by atomic mass is 35.5. The smallest absolute Gasteiger partial charge is 0.241 e. The van der Waals surface area contributed by atoms with Crippen LogP contribution in [-0.2, 0) is 9.53 Å². The SMILES string of the molecule is Cl.Cl.NC(C(=O)Nc1ccc(-c2cn3cccnc3n2)cc1)C1CCOCC1. The summed E-state index contributed by atoms with van der Waals surface area (Å²) in [6.07, 6.45) is 7.21. The van der Waals surface area contributed by atoms with E-state index >= 15 is 0 Å². The fourth-order valence-electron chi connectivity index (χ4n) is 3.21. The molecule has 9 heteroatoms. The molecule has 2 aromatic heterocycles. The third-order valence-corrected chi connectivity index (χ3v) is 4.76. The number of nitrogens with one attached hydrogen (secondary N) is 1. The lowest BCUT2D eigenvalue weighted by Gasteiger charge is -2.26. The Morgan fingerprint density at radius 2 is 1.93 bits per heavy atom. The van der Waals surface area contributed by atoms with E-state index in [0.29, 0.717) is 19.0 Å². The van der Waals surface area contributed by atoms with E-state index in [2.05, 4.69) is 15.3 Å². The lowest BCUT2D eigenvalue weighted by Crippen LogP contribution is -2.43. The Hall–Kier alpha value is -2.19. The van der Waals surface area contributed by atoms with Crippen molar-refractivity contribution >= 4 is 42.2 Å². The Kier molecular flexibility index (Phi) is 7.77. The molecule has 7 nitrogen and oxygen atoms in total. The van der Waals surface area contributed by atoms with Gasteiger partial charge in [-0.05, 0) is 37.0 Å². The number of halogens is 2. The van der Waals surface area contributed by atoms with Gasteiger partial charge in [0.1, 0.15) is 0 Å². The number of nitrogens with zero attached hydrogens (tertiary/aromatic N) is 3. The van der Waals surface area contributed by atoms with E-state index in [0.717, 1.165) is 29.8 Å². The predicted octanol–water partition coefficient (Wildman–Crippen LogP) is 2.93. The summed E-state index contributed by atoms with van der Waals surface area (Å²) in [6, 6.07) is 8.93. The fourth-order valence-corrected chi connectivity index (χ4v) is 3.21. The summed E-state index contributed by atoms with van der Waals surface area (Å²) in [6.45, 7) is 1.35. The lowest BCUT2D eigenvalue weighted by atomic mass is 9.92. The van der Waals surface area contributed by atoms with E-state index < -0.39 is 6.04 Å². The normalized spacial score (nSPS) is 15.3. The summed E-state index contributed by atoms with van der Waals surface area (Å²) in [7, 11) is 0. The molecule has 28 heavy (non-hydrogen) atoms. The summed E-state index contributed by atoms with van der Waals surface area (Å²) in [4.78, 5) is 21.1. The molecule has 0 spiro atoms. The van der Waals surface area contributed by atoms with Crippen LogP contribution in [0.4, 0.5) is 5.69 Å². The number of ether oxygens (including phenoxy) is 1. The van der Waals surface area contributed by atoms with E-state index in [4.69, 9.17) is 10.5 Å². The maximum Gasteiger partial charge on any atom is 0.241 e. The van der Waals surface area contributed by atoms with Crippen LogP contribution < -0.4 is 11.1 Å². The number of nitrogens with two attached hydrogens (primary N) is 1. The Balaban J connectivity index is 0.00000140. The number of hydrogen-bond donors (Lipinski definition) is 2. The Morgan fingerprint density at radius 1 is 1.21 bits per heavy atom. The topological polar surface area (TPSA) is 94.5 Å². The number of amides is 1. The van der Waals surface area contributed by atoms with Crippen LogP contribution in [0.2, 0.25) is 0 Å². The van der Waals surface area contributed by atoms with Gasteiger partial charge in [-0.3, -0.25) is 9.20 Å². The van der Waals surface area contributed by atoms with Gasteiger partial charge in [-0.25, -0.2) is 9.97 Å². The van der Waals surface area contributed by atoms with Gasteiger partial charge in [0, 0.05) is 43.1 Å². The molecule has 3 aromatic rings. The molecular weight excluding hydrogens is 401 g/mol. The molecule has 1 aliphatic heterocycles. The van der Waals surface area contributed by atoms with Crippen molar-refractivity contribution in [2.75, 3.05) is 18.5 Å². The Labute approximate surface area is 175 Å². The van der Waals surface area contributed by atoms with Crippen molar-refractivity contribution < 1.29 is 9.53 Å². The molecule has 0 aliphatic carbocycles. The summed E-state index contributed by atoms with van der Waals surface area (Å²) in [5.41, 5.74) is 8.64. The third-order valence-electron chi connectivity index (χ3n) is 4.76. The average molecular weight is 424 g/mol. The predicted molar refractivity (Wildman–Crippen MR) is 113 cm³/mol. The minimum atomic E-state index is -0.511. The second-order valence-electron chi connectivity index (χ2n) is 6.50. The van der Waals surface area contributed by atoms with Gasteiger partial charge in [0.25, 0.3) is 0 Å². The zero-order valence-corrected chi connectivity index (χ0v) is 16.8. The van der Waals surface area contributed by atoms with E-state index in [1.807, 2.05) is 47.1 Å². The van der Waals surface area contributed by atoms with Gasteiger partial charge in [0.05, 0.1) is 11.7 Å². The van der Waals surface area contributed by atoms with Crippen molar-refractivity contribution in [3.8, 4) is 11.3 Å².